The van der Waals surface area contributed by atoms with Crippen molar-refractivity contribution in [1.29, 1.82) is 0 Å². The van der Waals surface area contributed by atoms with Gasteiger partial charge in [-0.3, -0.25) is 39.2 Å². The minimum absolute atomic E-state index is 0.605. The lowest BCUT2D eigenvalue weighted by Crippen LogP contribution is -2.42. The molecular formula is C39H56N6O7. The van der Waals surface area contributed by atoms with E-state index in [-0.39, 0.29) is 0 Å². The molecule has 0 saturated carbocycles. The summed E-state index contributed by atoms with van der Waals surface area (Å²) in [6.07, 6.45) is 17.2. The van der Waals surface area contributed by atoms with Gasteiger partial charge in [-0.2, -0.15) is 0 Å². The molecular weight excluding hydrogens is 664 g/mol. The fraction of sp³-hybridized carbons (Fsp3) is 0.538. The fourth-order valence-electron chi connectivity index (χ4n) is 7.10. The smallest absolute Gasteiger partial charge is 0.336 e. The molecule has 3 fully saturated rings. The third kappa shape index (κ3) is 12.1. The Balaban J connectivity index is 0.000000187. The maximum atomic E-state index is 10.3. The summed E-state index contributed by atoms with van der Waals surface area (Å²) < 4.78 is 0. The van der Waals surface area contributed by atoms with Gasteiger partial charge in [-0.1, -0.05) is 0 Å². The molecule has 0 amide bonds. The molecule has 0 aromatic carbocycles. The quantitative estimate of drug-likeness (QED) is 0.238. The van der Waals surface area contributed by atoms with Crippen molar-refractivity contribution in [2.45, 2.75) is 95.9 Å². The van der Waals surface area contributed by atoms with Gasteiger partial charge in [0.25, 0.3) is 0 Å². The first-order valence-electron chi connectivity index (χ1n) is 17.9. The van der Waals surface area contributed by atoms with Crippen molar-refractivity contribution in [1.82, 2.24) is 29.7 Å². The van der Waals surface area contributed by atoms with Crippen molar-refractivity contribution in [3.05, 3.63) is 88.8 Å². The second-order valence-corrected chi connectivity index (χ2v) is 14.1. The molecule has 52 heavy (non-hydrogen) atoms. The Bertz CT molecular complexity index is 1460. The van der Waals surface area contributed by atoms with Gasteiger partial charge >= 0.3 is 17.9 Å². The molecule has 3 aromatic heterocycles. The van der Waals surface area contributed by atoms with E-state index in [0.717, 1.165) is 0 Å². The average Bonchev–Trinajstić information content (AvgIpc) is 3.83. The number of carbonyl (C=O) groups is 3. The molecule has 3 aliphatic rings. The van der Waals surface area contributed by atoms with E-state index < -0.39 is 36.4 Å². The first-order valence-corrected chi connectivity index (χ1v) is 17.9. The van der Waals surface area contributed by atoms with Crippen molar-refractivity contribution in [2.24, 2.45) is 0 Å². The summed E-state index contributed by atoms with van der Waals surface area (Å²) in [5, 5.41) is 33.8. The van der Waals surface area contributed by atoms with Crippen molar-refractivity contribution in [2.75, 3.05) is 40.8 Å². The summed E-state index contributed by atoms with van der Waals surface area (Å²) in [6, 6.07) is 8.11. The van der Waals surface area contributed by atoms with Crippen LogP contribution in [0.2, 0.25) is 0 Å². The van der Waals surface area contributed by atoms with Gasteiger partial charge in [0.05, 0.1) is 12.8 Å². The van der Waals surface area contributed by atoms with Crippen molar-refractivity contribution < 1.29 is 34.8 Å². The summed E-state index contributed by atoms with van der Waals surface area (Å²) in [4.78, 5) is 50.3. The standard InChI is InChI=1S/3C11H16N2.C6H8O7/c3*1-9-5-6-12-8-10(9)11-4-3-7-13(11)2;7-3(8)1-6(13,5(11)12)2-4(9)10/h3*5-6,8,11H,3-4,7H2,1-2H3;13H,1-2H2,(H,7,8)(H,9,10)(H,11,12)/t3*11-;/m000./s1. The lowest BCUT2D eigenvalue weighted by molar-refractivity contribution is -0.170. The van der Waals surface area contributed by atoms with Gasteiger partial charge in [-0.25, -0.2) is 4.79 Å². The molecule has 0 spiro atoms. The van der Waals surface area contributed by atoms with Gasteiger partial charge in [0.15, 0.2) is 5.60 Å². The molecule has 3 aromatic rings. The SMILES string of the molecule is Cc1ccncc1[C@@H]1CCCN1C.Cc1ccncc1[C@@H]1CCCN1C.Cc1ccncc1[C@@H]1CCCN1C.O=C(O)CC(O)(CC(=O)O)C(=O)O. The maximum absolute atomic E-state index is 10.3. The highest BCUT2D eigenvalue weighted by atomic mass is 16.4. The van der Waals surface area contributed by atoms with Crippen LogP contribution >= 0.6 is 0 Å². The third-order valence-corrected chi connectivity index (χ3v) is 10.2. The number of aliphatic hydroxyl groups is 1. The number of pyridine rings is 3. The van der Waals surface area contributed by atoms with Crippen LogP contribution in [0, 0.1) is 20.8 Å². The van der Waals surface area contributed by atoms with Gasteiger partial charge in [0, 0.05) is 55.3 Å². The largest absolute Gasteiger partial charge is 0.481 e. The summed E-state index contributed by atoms with van der Waals surface area (Å²) >= 11 is 0. The van der Waals surface area contributed by atoms with Gasteiger partial charge < -0.3 is 20.4 Å². The van der Waals surface area contributed by atoms with E-state index in [1.165, 1.54) is 91.5 Å². The lowest BCUT2D eigenvalue weighted by Gasteiger charge is -2.20. The highest BCUT2D eigenvalue weighted by molar-refractivity contribution is 5.88. The number of rotatable bonds is 8. The number of aryl methyl sites for hydroxylation is 3. The van der Waals surface area contributed by atoms with Gasteiger partial charge in [-0.05, 0) is 152 Å². The molecule has 6 rings (SSSR count). The highest BCUT2D eigenvalue weighted by Crippen LogP contribution is 2.33. The number of aliphatic carboxylic acids is 3. The molecule has 6 heterocycles. The number of nitrogens with zero attached hydrogens (tertiary/aromatic N) is 6. The number of carboxylic acid groups (broad SMARTS) is 3. The van der Waals surface area contributed by atoms with Crippen molar-refractivity contribution in [3.63, 3.8) is 0 Å². The summed E-state index contributed by atoms with van der Waals surface area (Å²) in [5.41, 5.74) is 5.58. The first-order chi connectivity index (χ1) is 24.6. The van der Waals surface area contributed by atoms with E-state index in [1.54, 1.807) is 0 Å². The monoisotopic (exact) mass is 720 g/mol. The zero-order valence-electron chi connectivity index (χ0n) is 31.4. The minimum Gasteiger partial charge on any atom is -0.481 e. The van der Waals surface area contributed by atoms with Crippen molar-refractivity contribution >= 4 is 17.9 Å². The number of hydrogen-bond acceptors (Lipinski definition) is 10. The van der Waals surface area contributed by atoms with E-state index in [0.29, 0.717) is 18.1 Å². The van der Waals surface area contributed by atoms with Crippen LogP contribution in [0.5, 0.6) is 0 Å². The van der Waals surface area contributed by atoms with Crippen LogP contribution in [0.25, 0.3) is 0 Å². The van der Waals surface area contributed by atoms with Gasteiger partial charge in [0.1, 0.15) is 0 Å². The molecule has 3 saturated heterocycles. The number of likely N-dealkylation sites (tertiary alicyclic amines) is 3. The van der Waals surface area contributed by atoms with Crippen LogP contribution < -0.4 is 0 Å². The molecule has 3 aliphatic heterocycles. The topological polar surface area (TPSA) is 181 Å². The van der Waals surface area contributed by atoms with Crippen LogP contribution in [0.3, 0.4) is 0 Å². The Morgan fingerprint density at radius 1 is 0.615 bits per heavy atom. The zero-order valence-corrected chi connectivity index (χ0v) is 31.4. The van der Waals surface area contributed by atoms with Crippen LogP contribution in [-0.4, -0.2) is 114 Å². The van der Waals surface area contributed by atoms with Gasteiger partial charge in [0.2, 0.25) is 0 Å². The Labute approximate surface area is 307 Å². The average molecular weight is 721 g/mol. The molecule has 13 heteroatoms. The lowest BCUT2D eigenvalue weighted by atomic mass is 9.96. The van der Waals surface area contributed by atoms with Crippen LogP contribution in [0.4, 0.5) is 0 Å². The number of hydrogen-bond donors (Lipinski definition) is 4. The number of aromatic nitrogens is 3. The summed E-state index contributed by atoms with van der Waals surface area (Å²) in [6.45, 7) is 10.2. The third-order valence-electron chi connectivity index (χ3n) is 10.2. The van der Waals surface area contributed by atoms with E-state index in [2.05, 4.69) is 89.8 Å². The molecule has 0 unspecified atom stereocenters. The molecule has 0 aliphatic carbocycles. The molecule has 284 valence electrons. The highest BCUT2D eigenvalue weighted by Gasteiger charge is 2.40. The Morgan fingerprint density at radius 3 is 1.10 bits per heavy atom. The summed E-state index contributed by atoms with van der Waals surface area (Å²) in [5.74, 6) is -5.02. The molecule has 13 nitrogen and oxygen atoms in total. The first kappa shape index (κ1) is 42.1. The van der Waals surface area contributed by atoms with E-state index in [1.807, 2.05) is 37.2 Å². The Kier molecular flexibility index (Phi) is 16.3. The molecule has 0 radical (unpaired) electrons. The van der Waals surface area contributed by atoms with Crippen LogP contribution in [-0.2, 0) is 14.4 Å². The zero-order chi connectivity index (χ0) is 38.4. The predicted molar refractivity (Wildman–Crippen MR) is 198 cm³/mol. The second kappa shape index (κ2) is 20.1. The molecule has 4 N–H and O–H groups in total. The van der Waals surface area contributed by atoms with E-state index in [9.17, 15) is 14.4 Å². The normalized spacial score (nSPS) is 20.5. The minimum atomic E-state index is -2.74. The van der Waals surface area contributed by atoms with Gasteiger partial charge in [-0.15, -0.1) is 0 Å². The van der Waals surface area contributed by atoms with Crippen LogP contribution in [0.15, 0.2) is 55.4 Å². The Morgan fingerprint density at radius 2 is 0.904 bits per heavy atom. The number of carboxylic acids is 3. The summed E-state index contributed by atoms with van der Waals surface area (Å²) in [7, 11) is 6.60. The maximum Gasteiger partial charge on any atom is 0.336 e. The van der Waals surface area contributed by atoms with E-state index >= 15 is 0 Å². The van der Waals surface area contributed by atoms with Crippen molar-refractivity contribution in [3.8, 4) is 0 Å². The molecule has 0 bridgehead atoms. The predicted octanol–water partition coefficient (Wildman–Crippen LogP) is 5.22. The molecule has 3 atom stereocenters. The Hall–Kier alpha value is -4.30. The van der Waals surface area contributed by atoms with Crippen LogP contribution in [0.1, 0.15) is 103 Å². The fourth-order valence-corrected chi connectivity index (χ4v) is 7.10. The second-order valence-electron chi connectivity index (χ2n) is 14.1. The van der Waals surface area contributed by atoms with E-state index in [4.69, 9.17) is 20.4 Å².